The standard InChI is InChI=1S/C11H22N2/c1-13-7-10(11(12)8-13)9-5-3-2-4-6-9/h9-11H,2-8,12H2,1H3/t10-,11+/m1/s1. The first-order valence-corrected chi connectivity index (χ1v) is 5.71. The zero-order valence-electron chi connectivity index (χ0n) is 8.71. The Morgan fingerprint density at radius 2 is 1.77 bits per heavy atom. The van der Waals surface area contributed by atoms with Gasteiger partial charge in [-0.2, -0.15) is 0 Å². The highest BCUT2D eigenvalue weighted by Crippen LogP contribution is 2.34. The lowest BCUT2D eigenvalue weighted by molar-refractivity contribution is 0.237. The lowest BCUT2D eigenvalue weighted by atomic mass is 9.78. The van der Waals surface area contributed by atoms with E-state index in [0.717, 1.165) is 18.4 Å². The quantitative estimate of drug-likeness (QED) is 0.665. The van der Waals surface area contributed by atoms with Crippen LogP contribution in [-0.4, -0.2) is 31.1 Å². The molecule has 1 heterocycles. The van der Waals surface area contributed by atoms with Gasteiger partial charge in [0.2, 0.25) is 0 Å². The van der Waals surface area contributed by atoms with Crippen molar-refractivity contribution in [1.29, 1.82) is 0 Å². The average Bonchev–Trinajstić information content (AvgIpc) is 2.47. The van der Waals surface area contributed by atoms with Crippen LogP contribution < -0.4 is 5.73 Å². The molecule has 1 saturated carbocycles. The number of likely N-dealkylation sites (tertiary alicyclic amines) is 1. The smallest absolute Gasteiger partial charge is 0.0211 e. The van der Waals surface area contributed by atoms with Crippen molar-refractivity contribution in [3.63, 3.8) is 0 Å². The predicted molar refractivity (Wildman–Crippen MR) is 55.5 cm³/mol. The van der Waals surface area contributed by atoms with Gasteiger partial charge in [-0.3, -0.25) is 0 Å². The summed E-state index contributed by atoms with van der Waals surface area (Å²) in [6.07, 6.45) is 7.21. The van der Waals surface area contributed by atoms with Gasteiger partial charge in [-0.1, -0.05) is 32.1 Å². The van der Waals surface area contributed by atoms with Crippen LogP contribution in [-0.2, 0) is 0 Å². The first kappa shape index (κ1) is 9.47. The molecule has 1 aliphatic heterocycles. The van der Waals surface area contributed by atoms with Gasteiger partial charge in [0.05, 0.1) is 0 Å². The van der Waals surface area contributed by atoms with Crippen LogP contribution in [0.1, 0.15) is 32.1 Å². The largest absolute Gasteiger partial charge is 0.326 e. The SMILES string of the molecule is CN1C[C@H](C2CCCCC2)[C@@H](N)C1. The second kappa shape index (κ2) is 3.97. The van der Waals surface area contributed by atoms with Crippen LogP contribution in [0.15, 0.2) is 0 Å². The van der Waals surface area contributed by atoms with Crippen LogP contribution in [0.3, 0.4) is 0 Å². The van der Waals surface area contributed by atoms with Crippen molar-refractivity contribution in [1.82, 2.24) is 4.90 Å². The Hall–Kier alpha value is -0.0800. The summed E-state index contributed by atoms with van der Waals surface area (Å²) in [7, 11) is 2.20. The maximum Gasteiger partial charge on any atom is 0.0211 e. The molecule has 1 aliphatic carbocycles. The van der Waals surface area contributed by atoms with Gasteiger partial charge in [-0.25, -0.2) is 0 Å². The van der Waals surface area contributed by atoms with Crippen molar-refractivity contribution in [2.24, 2.45) is 17.6 Å². The Labute approximate surface area is 81.5 Å². The molecule has 1 saturated heterocycles. The summed E-state index contributed by atoms with van der Waals surface area (Å²) in [4.78, 5) is 2.39. The van der Waals surface area contributed by atoms with E-state index in [9.17, 15) is 0 Å². The molecule has 0 aromatic heterocycles. The third-order valence-electron chi connectivity index (χ3n) is 3.85. The van der Waals surface area contributed by atoms with E-state index in [1.807, 2.05) is 0 Å². The van der Waals surface area contributed by atoms with E-state index in [1.54, 1.807) is 0 Å². The van der Waals surface area contributed by atoms with Crippen LogP contribution in [0, 0.1) is 11.8 Å². The van der Waals surface area contributed by atoms with Gasteiger partial charge in [-0.15, -0.1) is 0 Å². The van der Waals surface area contributed by atoms with Crippen molar-refractivity contribution < 1.29 is 0 Å². The molecule has 13 heavy (non-hydrogen) atoms. The van der Waals surface area contributed by atoms with E-state index in [-0.39, 0.29) is 0 Å². The molecule has 0 unspecified atom stereocenters. The normalized spacial score (nSPS) is 38.3. The van der Waals surface area contributed by atoms with E-state index >= 15 is 0 Å². The predicted octanol–water partition coefficient (Wildman–Crippen LogP) is 1.46. The molecule has 2 atom stereocenters. The van der Waals surface area contributed by atoms with E-state index in [2.05, 4.69) is 11.9 Å². The Morgan fingerprint density at radius 3 is 2.31 bits per heavy atom. The molecule has 0 bridgehead atoms. The lowest BCUT2D eigenvalue weighted by Crippen LogP contribution is -2.34. The summed E-state index contributed by atoms with van der Waals surface area (Å²) in [5.74, 6) is 1.74. The molecule has 2 fully saturated rings. The minimum absolute atomic E-state index is 0.452. The highest BCUT2D eigenvalue weighted by Gasteiger charge is 2.34. The average molecular weight is 182 g/mol. The third kappa shape index (κ3) is 2.05. The molecule has 0 aromatic rings. The fourth-order valence-corrected chi connectivity index (χ4v) is 3.13. The lowest BCUT2D eigenvalue weighted by Gasteiger charge is -2.29. The van der Waals surface area contributed by atoms with Gasteiger partial charge in [0.25, 0.3) is 0 Å². The van der Waals surface area contributed by atoms with Crippen LogP contribution in [0.4, 0.5) is 0 Å². The summed E-state index contributed by atoms with van der Waals surface area (Å²) < 4.78 is 0. The van der Waals surface area contributed by atoms with Crippen LogP contribution in [0.25, 0.3) is 0 Å². The second-order valence-electron chi connectivity index (χ2n) is 4.95. The number of nitrogens with zero attached hydrogens (tertiary/aromatic N) is 1. The minimum Gasteiger partial charge on any atom is -0.326 e. The molecule has 76 valence electrons. The van der Waals surface area contributed by atoms with E-state index < -0.39 is 0 Å². The Balaban J connectivity index is 1.91. The van der Waals surface area contributed by atoms with Crippen LogP contribution >= 0.6 is 0 Å². The van der Waals surface area contributed by atoms with Crippen LogP contribution in [0.5, 0.6) is 0 Å². The molecular formula is C11H22N2. The maximum atomic E-state index is 6.16. The highest BCUT2D eigenvalue weighted by molar-refractivity contribution is 4.90. The van der Waals surface area contributed by atoms with Gasteiger partial charge in [0, 0.05) is 19.1 Å². The van der Waals surface area contributed by atoms with E-state index in [0.29, 0.717) is 6.04 Å². The minimum atomic E-state index is 0.452. The van der Waals surface area contributed by atoms with Crippen molar-refractivity contribution >= 4 is 0 Å². The van der Waals surface area contributed by atoms with E-state index in [1.165, 1.54) is 38.6 Å². The van der Waals surface area contributed by atoms with Gasteiger partial charge in [0.1, 0.15) is 0 Å². The first-order chi connectivity index (χ1) is 6.27. The highest BCUT2D eigenvalue weighted by atomic mass is 15.1. The van der Waals surface area contributed by atoms with Gasteiger partial charge in [-0.05, 0) is 18.9 Å². The number of nitrogens with two attached hydrogens (primary N) is 1. The molecular weight excluding hydrogens is 160 g/mol. The molecule has 2 heteroatoms. The Bertz CT molecular complexity index is 163. The monoisotopic (exact) mass is 182 g/mol. The second-order valence-corrected chi connectivity index (χ2v) is 4.95. The summed E-state index contributed by atoms with van der Waals surface area (Å²) >= 11 is 0. The third-order valence-corrected chi connectivity index (χ3v) is 3.85. The molecule has 0 spiro atoms. The summed E-state index contributed by atoms with van der Waals surface area (Å²) in [6, 6.07) is 0.452. The summed E-state index contributed by atoms with van der Waals surface area (Å²) in [5.41, 5.74) is 6.16. The molecule has 2 N–H and O–H groups in total. The fourth-order valence-electron chi connectivity index (χ4n) is 3.13. The van der Waals surface area contributed by atoms with Crippen LogP contribution in [0.2, 0.25) is 0 Å². The molecule has 2 nitrogen and oxygen atoms in total. The molecule has 0 radical (unpaired) electrons. The first-order valence-electron chi connectivity index (χ1n) is 5.71. The fraction of sp³-hybridized carbons (Fsp3) is 1.00. The summed E-state index contributed by atoms with van der Waals surface area (Å²) in [6.45, 7) is 2.35. The van der Waals surface area contributed by atoms with Crippen molar-refractivity contribution in [3.8, 4) is 0 Å². The summed E-state index contributed by atoms with van der Waals surface area (Å²) in [5, 5.41) is 0. The number of rotatable bonds is 1. The Kier molecular flexibility index (Phi) is 2.89. The molecule has 0 amide bonds. The van der Waals surface area contributed by atoms with Crippen molar-refractivity contribution in [2.45, 2.75) is 38.1 Å². The van der Waals surface area contributed by atoms with Gasteiger partial charge < -0.3 is 10.6 Å². The molecule has 0 aromatic carbocycles. The molecule has 2 aliphatic rings. The maximum absolute atomic E-state index is 6.16. The van der Waals surface area contributed by atoms with Gasteiger partial charge in [0.15, 0.2) is 0 Å². The van der Waals surface area contributed by atoms with Crippen molar-refractivity contribution in [2.75, 3.05) is 20.1 Å². The zero-order chi connectivity index (χ0) is 9.26. The number of likely N-dealkylation sites (N-methyl/N-ethyl adjacent to an activating group) is 1. The topological polar surface area (TPSA) is 29.3 Å². The Morgan fingerprint density at radius 1 is 1.08 bits per heavy atom. The van der Waals surface area contributed by atoms with Crippen molar-refractivity contribution in [3.05, 3.63) is 0 Å². The number of hydrogen-bond acceptors (Lipinski definition) is 2. The van der Waals surface area contributed by atoms with E-state index in [4.69, 9.17) is 5.73 Å². The van der Waals surface area contributed by atoms with Gasteiger partial charge >= 0.3 is 0 Å². The molecule has 2 rings (SSSR count). The zero-order valence-corrected chi connectivity index (χ0v) is 8.71. The number of hydrogen-bond donors (Lipinski definition) is 1.